The van der Waals surface area contributed by atoms with E-state index in [9.17, 15) is 31.9 Å². The van der Waals surface area contributed by atoms with Gasteiger partial charge in [-0.1, -0.05) is 0 Å². The van der Waals surface area contributed by atoms with Gasteiger partial charge in [0, 0.05) is 18.2 Å². The van der Waals surface area contributed by atoms with Gasteiger partial charge in [0.25, 0.3) is 0 Å². The lowest BCUT2D eigenvalue weighted by molar-refractivity contribution is -0.245. The standard InChI is InChI=1S/C22H23F5N6O3/c1-10(2)33-11(3)29-19-13(23)6-12(7-16(19)33)18-14(24)8-28-21(31-18)30-15-4-5-32(9-17(15)34)36-20(35)22(25,26)27/h6-8,10,15,17,34H,4-5,9H2,1-3H3,(H,28,30,31)/t15-,17-/m1/s1. The third-order valence-electron chi connectivity index (χ3n) is 5.76. The van der Waals surface area contributed by atoms with E-state index in [1.165, 1.54) is 0 Å². The largest absolute Gasteiger partial charge is 0.492 e. The molecule has 2 aromatic heterocycles. The number of aliphatic hydroxyl groups excluding tert-OH is 1. The molecule has 2 atom stereocenters. The fraction of sp³-hybridized carbons (Fsp3) is 0.455. The number of alkyl halides is 3. The first-order valence-corrected chi connectivity index (χ1v) is 11.0. The van der Waals surface area contributed by atoms with Crippen molar-refractivity contribution in [1.29, 1.82) is 0 Å². The Morgan fingerprint density at radius 1 is 1.22 bits per heavy atom. The van der Waals surface area contributed by atoms with Crippen LogP contribution in [0, 0.1) is 18.6 Å². The topological polar surface area (TPSA) is 105 Å². The van der Waals surface area contributed by atoms with Crippen LogP contribution in [0.5, 0.6) is 0 Å². The first kappa shape index (κ1) is 25.7. The first-order chi connectivity index (χ1) is 16.8. The first-order valence-electron chi connectivity index (χ1n) is 11.0. The van der Waals surface area contributed by atoms with Crippen LogP contribution in [0.4, 0.5) is 27.9 Å². The summed E-state index contributed by atoms with van der Waals surface area (Å²) < 4.78 is 68.5. The van der Waals surface area contributed by atoms with Gasteiger partial charge < -0.3 is 19.8 Å². The Morgan fingerprint density at radius 2 is 1.94 bits per heavy atom. The maximum atomic E-state index is 14.8. The Labute approximate surface area is 201 Å². The summed E-state index contributed by atoms with van der Waals surface area (Å²) in [6.45, 7) is 5.06. The summed E-state index contributed by atoms with van der Waals surface area (Å²) in [6, 6.07) is 1.95. The molecule has 14 heteroatoms. The zero-order valence-corrected chi connectivity index (χ0v) is 19.5. The minimum Gasteiger partial charge on any atom is -0.390 e. The number of fused-ring (bicyclic) bond motifs is 1. The predicted molar refractivity (Wildman–Crippen MR) is 118 cm³/mol. The summed E-state index contributed by atoms with van der Waals surface area (Å²) in [7, 11) is 0. The van der Waals surface area contributed by atoms with Crippen LogP contribution in [-0.2, 0) is 9.63 Å². The third-order valence-corrected chi connectivity index (χ3v) is 5.76. The Hall–Kier alpha value is -3.39. The minimum absolute atomic E-state index is 0.0279. The number of aryl methyl sites for hydroxylation is 1. The third kappa shape index (κ3) is 5.09. The van der Waals surface area contributed by atoms with Crippen molar-refractivity contribution in [3.63, 3.8) is 0 Å². The molecule has 4 rings (SSSR count). The average Bonchev–Trinajstić information content (AvgIpc) is 3.12. The monoisotopic (exact) mass is 514 g/mol. The van der Waals surface area contributed by atoms with Crippen LogP contribution in [0.1, 0.15) is 32.1 Å². The lowest BCUT2D eigenvalue weighted by Crippen LogP contribution is -2.51. The number of rotatable bonds is 5. The molecule has 0 spiro atoms. The second-order valence-corrected chi connectivity index (χ2v) is 8.71. The molecule has 0 aliphatic carbocycles. The van der Waals surface area contributed by atoms with E-state index >= 15 is 0 Å². The second kappa shape index (κ2) is 9.58. The number of nitrogens with zero attached hydrogens (tertiary/aromatic N) is 5. The number of hydroxylamine groups is 2. The number of imidazole rings is 1. The molecular weight excluding hydrogens is 491 g/mol. The molecular formula is C22H23F5N6O3. The van der Waals surface area contributed by atoms with Gasteiger partial charge in [0.1, 0.15) is 17.0 Å². The van der Waals surface area contributed by atoms with Gasteiger partial charge in [-0.25, -0.2) is 28.5 Å². The molecule has 3 aromatic rings. The number of halogens is 5. The molecule has 9 nitrogen and oxygen atoms in total. The van der Waals surface area contributed by atoms with E-state index in [4.69, 9.17) is 0 Å². The molecule has 1 aromatic carbocycles. The van der Waals surface area contributed by atoms with Gasteiger partial charge in [-0.15, -0.1) is 5.06 Å². The Kier molecular flexibility index (Phi) is 6.84. The SMILES string of the molecule is Cc1nc2c(F)cc(-c3nc(N[C@@H]4CCN(OC(=O)C(F)(F)F)C[C@H]4O)ncc3F)cc2n1C(C)C. The summed E-state index contributed by atoms with van der Waals surface area (Å²) >= 11 is 0. The van der Waals surface area contributed by atoms with Gasteiger partial charge in [-0.2, -0.15) is 13.2 Å². The number of hydrogen-bond acceptors (Lipinski definition) is 8. The quantitative estimate of drug-likeness (QED) is 0.499. The highest BCUT2D eigenvalue weighted by Crippen LogP contribution is 2.30. The molecule has 0 bridgehead atoms. The highest BCUT2D eigenvalue weighted by molar-refractivity contribution is 5.83. The number of benzene rings is 1. The molecule has 36 heavy (non-hydrogen) atoms. The van der Waals surface area contributed by atoms with Crippen molar-refractivity contribution in [2.45, 2.75) is 51.6 Å². The Morgan fingerprint density at radius 3 is 2.58 bits per heavy atom. The van der Waals surface area contributed by atoms with Gasteiger partial charge in [0.2, 0.25) is 5.95 Å². The van der Waals surface area contributed by atoms with E-state index in [-0.39, 0.29) is 41.7 Å². The van der Waals surface area contributed by atoms with Crippen LogP contribution in [-0.4, -0.2) is 67.1 Å². The molecule has 1 aliphatic rings. The molecule has 3 heterocycles. The van der Waals surface area contributed by atoms with Crippen molar-refractivity contribution >= 4 is 23.0 Å². The van der Waals surface area contributed by atoms with Crippen LogP contribution < -0.4 is 5.32 Å². The fourth-order valence-corrected chi connectivity index (χ4v) is 4.19. The molecule has 1 aliphatic heterocycles. The number of anilines is 1. The Bertz CT molecular complexity index is 1300. The fourth-order valence-electron chi connectivity index (χ4n) is 4.19. The van der Waals surface area contributed by atoms with Crippen LogP contribution in [0.3, 0.4) is 0 Å². The zero-order valence-electron chi connectivity index (χ0n) is 19.5. The summed E-state index contributed by atoms with van der Waals surface area (Å²) in [6.07, 6.45) is -5.46. The lowest BCUT2D eigenvalue weighted by Gasteiger charge is -2.34. The maximum Gasteiger partial charge on any atom is 0.492 e. The molecule has 0 unspecified atom stereocenters. The smallest absolute Gasteiger partial charge is 0.390 e. The molecule has 1 fully saturated rings. The number of β-amino-alcohol motifs (C(OH)–C–C–N with tert-alkyl or cyclic N) is 1. The average molecular weight is 514 g/mol. The molecule has 194 valence electrons. The highest BCUT2D eigenvalue weighted by Gasteiger charge is 2.43. The van der Waals surface area contributed by atoms with E-state index in [1.807, 2.05) is 18.4 Å². The zero-order chi connectivity index (χ0) is 26.4. The van der Waals surface area contributed by atoms with E-state index < -0.39 is 42.5 Å². The molecule has 1 saturated heterocycles. The summed E-state index contributed by atoms with van der Waals surface area (Å²) in [5.41, 5.74) is 0.591. The summed E-state index contributed by atoms with van der Waals surface area (Å²) in [5, 5.41) is 13.9. The summed E-state index contributed by atoms with van der Waals surface area (Å²) in [5.74, 6) is -3.31. The number of hydrogen-bond donors (Lipinski definition) is 2. The van der Waals surface area contributed by atoms with Gasteiger partial charge in [0.15, 0.2) is 11.6 Å². The van der Waals surface area contributed by atoms with Crippen LogP contribution in [0.25, 0.3) is 22.3 Å². The van der Waals surface area contributed by atoms with Crippen molar-refractivity contribution in [3.05, 3.63) is 35.8 Å². The van der Waals surface area contributed by atoms with Crippen molar-refractivity contribution < 1.29 is 36.7 Å². The number of aliphatic hydroxyl groups is 1. The number of aromatic nitrogens is 4. The summed E-state index contributed by atoms with van der Waals surface area (Å²) in [4.78, 5) is 27.5. The van der Waals surface area contributed by atoms with E-state index in [0.717, 1.165) is 12.3 Å². The number of carbonyl (C=O) groups excluding carboxylic acids is 1. The maximum absolute atomic E-state index is 14.8. The van der Waals surface area contributed by atoms with Crippen LogP contribution in [0.15, 0.2) is 18.3 Å². The van der Waals surface area contributed by atoms with Gasteiger partial charge in [0.05, 0.1) is 30.4 Å². The number of piperidine rings is 1. The lowest BCUT2D eigenvalue weighted by atomic mass is 10.0. The van der Waals surface area contributed by atoms with E-state index in [0.29, 0.717) is 16.4 Å². The second-order valence-electron chi connectivity index (χ2n) is 8.71. The molecule has 0 radical (unpaired) electrons. The predicted octanol–water partition coefficient (Wildman–Crippen LogP) is 3.53. The Balaban J connectivity index is 1.55. The minimum atomic E-state index is -5.16. The van der Waals surface area contributed by atoms with E-state index in [2.05, 4.69) is 25.1 Å². The van der Waals surface area contributed by atoms with Crippen LogP contribution >= 0.6 is 0 Å². The highest BCUT2D eigenvalue weighted by atomic mass is 19.4. The number of nitrogens with one attached hydrogen (secondary N) is 1. The molecule has 0 amide bonds. The van der Waals surface area contributed by atoms with Crippen molar-refractivity contribution in [3.8, 4) is 11.3 Å². The van der Waals surface area contributed by atoms with Crippen molar-refractivity contribution in [2.24, 2.45) is 0 Å². The molecule has 0 saturated carbocycles. The van der Waals surface area contributed by atoms with E-state index in [1.54, 1.807) is 13.0 Å². The molecule has 2 N–H and O–H groups in total. The van der Waals surface area contributed by atoms with Crippen molar-refractivity contribution in [2.75, 3.05) is 18.4 Å². The van der Waals surface area contributed by atoms with Crippen molar-refractivity contribution in [1.82, 2.24) is 24.6 Å². The van der Waals surface area contributed by atoms with Gasteiger partial charge in [-0.3, -0.25) is 0 Å². The van der Waals surface area contributed by atoms with Gasteiger partial charge >= 0.3 is 12.1 Å². The van der Waals surface area contributed by atoms with Gasteiger partial charge in [-0.05, 0) is 39.3 Å². The number of carbonyl (C=O) groups is 1. The normalized spacial score (nSPS) is 19.2. The van der Waals surface area contributed by atoms with Crippen LogP contribution in [0.2, 0.25) is 0 Å².